The van der Waals surface area contributed by atoms with Crippen LogP contribution in [-0.2, 0) is 0 Å². The van der Waals surface area contributed by atoms with E-state index in [1.54, 1.807) is 35.0 Å². The van der Waals surface area contributed by atoms with Crippen LogP contribution in [-0.4, -0.2) is 21.4 Å². The Morgan fingerprint density at radius 1 is 1.22 bits per heavy atom. The highest BCUT2D eigenvalue weighted by molar-refractivity contribution is 5.59. The van der Waals surface area contributed by atoms with Gasteiger partial charge in [-0.25, -0.2) is 14.1 Å². The lowest BCUT2D eigenvalue weighted by atomic mass is 10.2. The number of nitrogens with zero attached hydrogens (tertiary/aromatic N) is 4. The predicted octanol–water partition coefficient (Wildman–Crippen LogP) is 2.56. The SMILES string of the molecule is N#CCOc1ccc(-n2cnc(-c3ccc(N)c(F)c3)n2)cc1. The van der Waals surface area contributed by atoms with E-state index in [1.165, 1.54) is 18.5 Å². The Balaban J connectivity index is 1.84. The molecule has 0 amide bonds. The fourth-order valence-electron chi connectivity index (χ4n) is 2.00. The smallest absolute Gasteiger partial charge is 0.181 e. The summed E-state index contributed by atoms with van der Waals surface area (Å²) in [5.41, 5.74) is 6.86. The second kappa shape index (κ2) is 6.15. The van der Waals surface area contributed by atoms with E-state index < -0.39 is 5.82 Å². The summed E-state index contributed by atoms with van der Waals surface area (Å²) in [6, 6.07) is 13.4. The van der Waals surface area contributed by atoms with E-state index in [9.17, 15) is 4.39 Å². The summed E-state index contributed by atoms with van der Waals surface area (Å²) in [5, 5.41) is 12.8. The van der Waals surface area contributed by atoms with Gasteiger partial charge in [0.05, 0.1) is 11.4 Å². The van der Waals surface area contributed by atoms with Crippen molar-refractivity contribution in [2.45, 2.75) is 0 Å². The predicted molar refractivity (Wildman–Crippen MR) is 82.3 cm³/mol. The highest BCUT2D eigenvalue weighted by Gasteiger charge is 2.08. The summed E-state index contributed by atoms with van der Waals surface area (Å²) in [5.74, 6) is 0.489. The lowest BCUT2D eigenvalue weighted by Crippen LogP contribution is -1.97. The van der Waals surface area contributed by atoms with Crippen molar-refractivity contribution in [1.82, 2.24) is 14.8 Å². The molecule has 0 aliphatic rings. The third-order valence-electron chi connectivity index (χ3n) is 3.16. The average molecular weight is 309 g/mol. The van der Waals surface area contributed by atoms with E-state index in [0.29, 0.717) is 17.1 Å². The molecule has 3 aromatic rings. The molecule has 2 N–H and O–H groups in total. The van der Waals surface area contributed by atoms with Crippen LogP contribution in [0.4, 0.5) is 10.1 Å². The Hall–Kier alpha value is -3.40. The van der Waals surface area contributed by atoms with Crippen LogP contribution >= 0.6 is 0 Å². The molecule has 0 aliphatic carbocycles. The molecule has 0 saturated carbocycles. The minimum Gasteiger partial charge on any atom is -0.479 e. The van der Waals surface area contributed by atoms with Gasteiger partial charge in [-0.05, 0) is 42.5 Å². The maximum absolute atomic E-state index is 13.5. The molecule has 6 nitrogen and oxygen atoms in total. The average Bonchev–Trinajstić information content (AvgIpc) is 3.06. The largest absolute Gasteiger partial charge is 0.479 e. The zero-order chi connectivity index (χ0) is 16.2. The van der Waals surface area contributed by atoms with Crippen LogP contribution in [0.2, 0.25) is 0 Å². The van der Waals surface area contributed by atoms with Crippen molar-refractivity contribution in [3.8, 4) is 28.9 Å². The molecule has 114 valence electrons. The summed E-state index contributed by atoms with van der Waals surface area (Å²) in [7, 11) is 0. The summed E-state index contributed by atoms with van der Waals surface area (Å²) in [6.07, 6.45) is 1.54. The first-order valence-electron chi connectivity index (χ1n) is 6.74. The van der Waals surface area contributed by atoms with E-state index in [1.807, 2.05) is 6.07 Å². The number of ether oxygens (including phenoxy) is 1. The normalized spacial score (nSPS) is 10.3. The summed E-state index contributed by atoms with van der Waals surface area (Å²) >= 11 is 0. The van der Waals surface area contributed by atoms with Gasteiger partial charge in [0.25, 0.3) is 0 Å². The lowest BCUT2D eigenvalue weighted by molar-refractivity contribution is 0.368. The molecule has 0 spiro atoms. The summed E-state index contributed by atoms with van der Waals surface area (Å²) < 4.78 is 20.3. The molecule has 0 radical (unpaired) electrons. The first kappa shape index (κ1) is 14.5. The monoisotopic (exact) mass is 309 g/mol. The van der Waals surface area contributed by atoms with Gasteiger partial charge in [0.15, 0.2) is 12.4 Å². The van der Waals surface area contributed by atoms with E-state index >= 15 is 0 Å². The molecule has 0 saturated heterocycles. The minimum atomic E-state index is -0.502. The number of anilines is 1. The maximum atomic E-state index is 13.5. The third-order valence-corrected chi connectivity index (χ3v) is 3.16. The lowest BCUT2D eigenvalue weighted by Gasteiger charge is -2.03. The molecule has 0 unspecified atom stereocenters. The van der Waals surface area contributed by atoms with Gasteiger partial charge in [-0.1, -0.05) is 0 Å². The quantitative estimate of drug-likeness (QED) is 0.748. The second-order valence-electron chi connectivity index (χ2n) is 4.69. The highest BCUT2D eigenvalue weighted by Crippen LogP contribution is 2.21. The Kier molecular flexibility index (Phi) is 3.89. The first-order chi connectivity index (χ1) is 11.2. The van der Waals surface area contributed by atoms with Gasteiger partial charge in [-0.2, -0.15) is 5.26 Å². The van der Waals surface area contributed by atoms with Crippen LogP contribution in [0.25, 0.3) is 17.1 Å². The number of aromatic nitrogens is 3. The van der Waals surface area contributed by atoms with Crippen molar-refractivity contribution in [3.63, 3.8) is 0 Å². The zero-order valence-electron chi connectivity index (χ0n) is 12.0. The summed E-state index contributed by atoms with van der Waals surface area (Å²) in [6.45, 7) is -0.00444. The molecule has 0 aliphatic heterocycles. The van der Waals surface area contributed by atoms with Crippen LogP contribution in [0, 0.1) is 17.1 Å². The molecule has 0 fully saturated rings. The second-order valence-corrected chi connectivity index (χ2v) is 4.69. The first-order valence-corrected chi connectivity index (χ1v) is 6.74. The van der Waals surface area contributed by atoms with Crippen LogP contribution in [0.3, 0.4) is 0 Å². The topological polar surface area (TPSA) is 89.8 Å². The van der Waals surface area contributed by atoms with Crippen LogP contribution in [0.1, 0.15) is 0 Å². The van der Waals surface area contributed by atoms with E-state index in [4.69, 9.17) is 15.7 Å². The van der Waals surface area contributed by atoms with E-state index in [-0.39, 0.29) is 12.3 Å². The molecule has 2 aromatic carbocycles. The fourth-order valence-corrected chi connectivity index (χ4v) is 2.00. The van der Waals surface area contributed by atoms with E-state index in [0.717, 1.165) is 5.69 Å². The Labute approximate surface area is 131 Å². The van der Waals surface area contributed by atoms with Crippen molar-refractivity contribution >= 4 is 5.69 Å². The van der Waals surface area contributed by atoms with Crippen molar-refractivity contribution in [2.75, 3.05) is 12.3 Å². The number of nitrogen functional groups attached to an aromatic ring is 1. The maximum Gasteiger partial charge on any atom is 0.181 e. The van der Waals surface area contributed by atoms with Crippen LogP contribution in [0.15, 0.2) is 48.8 Å². The molecular weight excluding hydrogens is 297 g/mol. The number of benzene rings is 2. The number of rotatable bonds is 4. The van der Waals surface area contributed by atoms with Gasteiger partial charge in [0.1, 0.15) is 24.0 Å². The van der Waals surface area contributed by atoms with Crippen molar-refractivity contribution in [3.05, 3.63) is 54.6 Å². The Morgan fingerprint density at radius 2 is 2.00 bits per heavy atom. The van der Waals surface area contributed by atoms with E-state index in [2.05, 4.69) is 10.1 Å². The molecule has 0 atom stereocenters. The molecular formula is C16H12FN5O. The Morgan fingerprint density at radius 3 is 2.70 bits per heavy atom. The number of nitrogens with two attached hydrogens (primary N) is 1. The third kappa shape index (κ3) is 3.11. The molecule has 7 heteroatoms. The number of nitriles is 1. The van der Waals surface area contributed by atoms with Crippen molar-refractivity contribution < 1.29 is 9.13 Å². The van der Waals surface area contributed by atoms with Gasteiger partial charge in [-0.15, -0.1) is 5.10 Å². The van der Waals surface area contributed by atoms with Crippen LogP contribution in [0.5, 0.6) is 5.75 Å². The highest BCUT2D eigenvalue weighted by atomic mass is 19.1. The molecule has 0 bridgehead atoms. The number of hydrogen-bond donors (Lipinski definition) is 1. The zero-order valence-corrected chi connectivity index (χ0v) is 12.0. The summed E-state index contributed by atoms with van der Waals surface area (Å²) in [4.78, 5) is 4.18. The molecule has 3 rings (SSSR count). The van der Waals surface area contributed by atoms with Crippen molar-refractivity contribution in [2.24, 2.45) is 0 Å². The molecule has 1 heterocycles. The number of halogens is 1. The number of hydrogen-bond acceptors (Lipinski definition) is 5. The van der Waals surface area contributed by atoms with Gasteiger partial charge in [0.2, 0.25) is 0 Å². The standard InChI is InChI=1S/C16H12FN5O/c17-14-9-11(1-6-15(14)19)16-20-10-22(21-16)12-2-4-13(5-3-12)23-8-7-18/h1-6,9-10H,8,19H2. The van der Waals surface area contributed by atoms with Gasteiger partial charge < -0.3 is 10.5 Å². The minimum absolute atomic E-state index is 0.00444. The fraction of sp³-hybridized carbons (Fsp3) is 0.0625. The van der Waals surface area contributed by atoms with Gasteiger partial charge in [-0.3, -0.25) is 0 Å². The molecule has 23 heavy (non-hydrogen) atoms. The van der Waals surface area contributed by atoms with Gasteiger partial charge in [0, 0.05) is 5.56 Å². The van der Waals surface area contributed by atoms with Crippen molar-refractivity contribution in [1.29, 1.82) is 5.26 Å². The Bertz CT molecular complexity index is 867. The van der Waals surface area contributed by atoms with Gasteiger partial charge >= 0.3 is 0 Å². The molecule has 1 aromatic heterocycles. The van der Waals surface area contributed by atoms with Crippen LogP contribution < -0.4 is 10.5 Å².